The van der Waals surface area contributed by atoms with Gasteiger partial charge in [0.15, 0.2) is 0 Å². The number of urea groups is 1. The largest absolute Gasteiger partial charge is 0.338 e. The minimum Gasteiger partial charge on any atom is -0.338 e. The number of carbonyl (C=O) groups is 1. The van der Waals surface area contributed by atoms with Crippen LogP contribution in [0.2, 0.25) is 0 Å². The lowest BCUT2D eigenvalue weighted by molar-refractivity contribution is 0.193. The smallest absolute Gasteiger partial charge is 0.317 e. The highest BCUT2D eigenvalue weighted by molar-refractivity contribution is 7.10. The van der Waals surface area contributed by atoms with Crippen molar-refractivity contribution in [2.75, 3.05) is 13.1 Å². The lowest BCUT2D eigenvalue weighted by Gasteiger charge is -2.24. The molecule has 0 saturated carbocycles. The first-order chi connectivity index (χ1) is 10.3. The molecule has 21 heavy (non-hydrogen) atoms. The van der Waals surface area contributed by atoms with Crippen LogP contribution in [0.1, 0.15) is 30.2 Å². The van der Waals surface area contributed by atoms with Crippen molar-refractivity contribution >= 4 is 17.4 Å². The van der Waals surface area contributed by atoms with Crippen LogP contribution in [0.5, 0.6) is 0 Å². The number of aryl methyl sites for hydroxylation is 1. The van der Waals surface area contributed by atoms with Gasteiger partial charge < -0.3 is 10.2 Å². The maximum Gasteiger partial charge on any atom is 0.317 e. The lowest BCUT2D eigenvalue weighted by Crippen LogP contribution is -2.39. The van der Waals surface area contributed by atoms with Crippen LogP contribution in [0.4, 0.5) is 4.79 Å². The summed E-state index contributed by atoms with van der Waals surface area (Å²) in [7, 11) is 0. The van der Waals surface area contributed by atoms with Gasteiger partial charge in [0, 0.05) is 24.5 Å². The Balaban J connectivity index is 1.46. The zero-order valence-corrected chi connectivity index (χ0v) is 12.6. The van der Waals surface area contributed by atoms with E-state index in [-0.39, 0.29) is 12.1 Å². The van der Waals surface area contributed by atoms with Crippen molar-refractivity contribution in [3.8, 4) is 0 Å². The summed E-state index contributed by atoms with van der Waals surface area (Å²) in [5, 5.41) is 9.12. The number of nitrogens with zero attached hydrogens (tertiary/aromatic N) is 4. The van der Waals surface area contributed by atoms with Crippen LogP contribution >= 0.6 is 11.3 Å². The Morgan fingerprint density at radius 2 is 2.48 bits per heavy atom. The number of carbonyl (C=O) groups excluding carboxylic acids is 1. The van der Waals surface area contributed by atoms with Gasteiger partial charge in [0.2, 0.25) is 0 Å². The Bertz CT molecular complexity index is 554. The highest BCUT2D eigenvalue weighted by Crippen LogP contribution is 2.34. The topological polar surface area (TPSA) is 63.1 Å². The van der Waals surface area contributed by atoms with Gasteiger partial charge in [-0.05, 0) is 30.7 Å². The van der Waals surface area contributed by atoms with Crippen LogP contribution in [-0.2, 0) is 6.54 Å². The fourth-order valence-electron chi connectivity index (χ4n) is 2.67. The molecule has 3 heterocycles. The van der Waals surface area contributed by atoms with Crippen molar-refractivity contribution in [2.24, 2.45) is 0 Å². The minimum absolute atomic E-state index is 0.0458. The Morgan fingerprint density at radius 1 is 1.52 bits per heavy atom. The summed E-state index contributed by atoms with van der Waals surface area (Å²) in [6.45, 7) is 2.28. The zero-order valence-electron chi connectivity index (χ0n) is 11.8. The van der Waals surface area contributed by atoms with E-state index >= 15 is 0 Å². The summed E-state index contributed by atoms with van der Waals surface area (Å²) in [5.74, 6) is 0. The maximum atomic E-state index is 12.3. The van der Waals surface area contributed by atoms with Gasteiger partial charge in [0.25, 0.3) is 0 Å². The molecule has 1 N–H and O–H groups in total. The minimum atomic E-state index is 0.0458. The molecule has 7 heteroatoms. The maximum absolute atomic E-state index is 12.3. The van der Waals surface area contributed by atoms with Crippen LogP contribution in [0.15, 0.2) is 30.2 Å². The Kier molecular flexibility index (Phi) is 4.49. The van der Waals surface area contributed by atoms with Crippen LogP contribution in [0.3, 0.4) is 0 Å². The number of nitrogens with one attached hydrogen (secondary N) is 1. The second-order valence-corrected chi connectivity index (χ2v) is 6.09. The molecule has 0 unspecified atom stereocenters. The third-order valence-corrected chi connectivity index (χ3v) is 4.67. The average molecular weight is 305 g/mol. The van der Waals surface area contributed by atoms with Gasteiger partial charge in [-0.1, -0.05) is 6.07 Å². The summed E-state index contributed by atoms with van der Waals surface area (Å²) < 4.78 is 1.77. The van der Waals surface area contributed by atoms with E-state index in [1.807, 2.05) is 11.0 Å². The van der Waals surface area contributed by atoms with E-state index in [0.717, 1.165) is 32.4 Å². The molecule has 1 saturated heterocycles. The number of aromatic nitrogens is 3. The SMILES string of the molecule is O=C(NCCCn1cncn1)N1CCC[C@@H]1c1cccs1. The predicted molar refractivity (Wildman–Crippen MR) is 81.0 cm³/mol. The van der Waals surface area contributed by atoms with E-state index < -0.39 is 0 Å². The molecule has 0 aliphatic carbocycles. The normalized spacial score (nSPS) is 18.1. The zero-order chi connectivity index (χ0) is 14.5. The Labute approximate surface area is 127 Å². The first-order valence-electron chi connectivity index (χ1n) is 7.25. The average Bonchev–Trinajstić information content (AvgIpc) is 3.24. The standard InChI is InChI=1S/C14H19N5OS/c20-14(16-6-3-7-18-11-15-10-17-18)19-8-1-4-12(19)13-5-2-9-21-13/h2,5,9-12H,1,3-4,6-8H2,(H,16,20)/t12-/m1/s1. The molecule has 0 spiro atoms. The van der Waals surface area contributed by atoms with E-state index in [9.17, 15) is 4.79 Å². The lowest BCUT2D eigenvalue weighted by atomic mass is 10.2. The van der Waals surface area contributed by atoms with Gasteiger partial charge >= 0.3 is 6.03 Å². The van der Waals surface area contributed by atoms with Crippen molar-refractivity contribution in [1.82, 2.24) is 25.0 Å². The molecule has 0 radical (unpaired) electrons. The fourth-order valence-corrected chi connectivity index (χ4v) is 3.55. The molecular weight excluding hydrogens is 286 g/mol. The molecule has 1 fully saturated rings. The highest BCUT2D eigenvalue weighted by Gasteiger charge is 2.30. The van der Waals surface area contributed by atoms with Crippen molar-refractivity contribution in [1.29, 1.82) is 0 Å². The highest BCUT2D eigenvalue weighted by atomic mass is 32.1. The summed E-state index contributed by atoms with van der Waals surface area (Å²) in [5.41, 5.74) is 0. The molecule has 3 rings (SSSR count). The molecule has 2 amide bonds. The molecule has 1 atom stereocenters. The summed E-state index contributed by atoms with van der Waals surface area (Å²) in [4.78, 5) is 19.4. The van der Waals surface area contributed by atoms with Crippen LogP contribution in [0.25, 0.3) is 0 Å². The van der Waals surface area contributed by atoms with Gasteiger partial charge in [-0.3, -0.25) is 4.68 Å². The first kappa shape index (κ1) is 14.1. The molecule has 1 aliphatic heterocycles. The first-order valence-corrected chi connectivity index (χ1v) is 8.13. The molecule has 0 bridgehead atoms. The van der Waals surface area contributed by atoms with E-state index in [4.69, 9.17) is 0 Å². The number of likely N-dealkylation sites (tertiary alicyclic amines) is 1. The van der Waals surface area contributed by atoms with Crippen LogP contribution in [-0.4, -0.2) is 38.8 Å². The predicted octanol–water partition coefficient (Wildman–Crippen LogP) is 2.28. The van der Waals surface area contributed by atoms with Crippen LogP contribution in [0, 0.1) is 0 Å². The summed E-state index contributed by atoms with van der Waals surface area (Å²) in [6.07, 6.45) is 6.21. The number of hydrogen-bond donors (Lipinski definition) is 1. The molecule has 2 aromatic heterocycles. The number of amides is 2. The third-order valence-electron chi connectivity index (χ3n) is 3.69. The van der Waals surface area contributed by atoms with E-state index in [0.29, 0.717) is 6.54 Å². The molecular formula is C14H19N5OS. The van der Waals surface area contributed by atoms with Crippen molar-refractivity contribution in [2.45, 2.75) is 31.8 Å². The monoisotopic (exact) mass is 305 g/mol. The quantitative estimate of drug-likeness (QED) is 0.862. The molecule has 6 nitrogen and oxygen atoms in total. The molecule has 2 aromatic rings. The summed E-state index contributed by atoms with van der Waals surface area (Å²) in [6, 6.07) is 4.46. The number of hydrogen-bond acceptors (Lipinski definition) is 4. The van der Waals surface area contributed by atoms with E-state index in [2.05, 4.69) is 26.8 Å². The Morgan fingerprint density at radius 3 is 3.24 bits per heavy atom. The second kappa shape index (κ2) is 6.71. The van der Waals surface area contributed by atoms with E-state index in [1.165, 1.54) is 11.2 Å². The van der Waals surface area contributed by atoms with Crippen LogP contribution < -0.4 is 5.32 Å². The van der Waals surface area contributed by atoms with Gasteiger partial charge in [-0.2, -0.15) is 5.10 Å². The van der Waals surface area contributed by atoms with Crippen molar-refractivity contribution in [3.63, 3.8) is 0 Å². The number of thiophene rings is 1. The van der Waals surface area contributed by atoms with Crippen molar-refractivity contribution < 1.29 is 4.79 Å². The second-order valence-electron chi connectivity index (χ2n) is 5.11. The van der Waals surface area contributed by atoms with Crippen molar-refractivity contribution in [3.05, 3.63) is 35.0 Å². The number of rotatable bonds is 5. The van der Waals surface area contributed by atoms with Gasteiger partial charge in [-0.15, -0.1) is 11.3 Å². The fraction of sp³-hybridized carbons (Fsp3) is 0.500. The molecule has 0 aromatic carbocycles. The summed E-state index contributed by atoms with van der Waals surface area (Å²) >= 11 is 1.73. The van der Waals surface area contributed by atoms with Gasteiger partial charge in [-0.25, -0.2) is 9.78 Å². The van der Waals surface area contributed by atoms with Gasteiger partial charge in [0.1, 0.15) is 12.7 Å². The molecule has 112 valence electrons. The third kappa shape index (κ3) is 3.41. The molecule has 1 aliphatic rings. The van der Waals surface area contributed by atoms with Gasteiger partial charge in [0.05, 0.1) is 6.04 Å². The van der Waals surface area contributed by atoms with E-state index in [1.54, 1.807) is 22.3 Å². The Hall–Kier alpha value is -1.89.